The van der Waals surface area contributed by atoms with Crippen LogP contribution < -0.4 is 4.74 Å². The van der Waals surface area contributed by atoms with Crippen LogP contribution in [0.1, 0.15) is 51.9 Å². The van der Waals surface area contributed by atoms with Crippen LogP contribution in [0.5, 0.6) is 5.75 Å². The van der Waals surface area contributed by atoms with Crippen molar-refractivity contribution in [2.75, 3.05) is 33.0 Å². The maximum atomic E-state index is 13.6. The minimum atomic E-state index is -2.89. The summed E-state index contributed by atoms with van der Waals surface area (Å²) in [5.41, 5.74) is 0. The van der Waals surface area contributed by atoms with Gasteiger partial charge in [0.2, 0.25) is 0 Å². The second-order valence-corrected chi connectivity index (χ2v) is 8.98. The van der Waals surface area contributed by atoms with E-state index in [9.17, 15) is 33.8 Å². The molecule has 14 heteroatoms. The molecule has 1 aromatic carbocycles. The molecule has 2 rings (SSSR count). The molecule has 0 amide bonds. The fourth-order valence-corrected chi connectivity index (χ4v) is 3.57. The standard InChI is InChI=1S/C15H18F2O.C12H20N2O9/c16-15(17,11-10-13-6-4-5-7-13)12-18-14-8-2-1-3-9-14;1-2-3-4-5-6-12(15)21-9-11(10-23-14(18)19)20-7-8-22-13(16)17/h1-3,8-11,13H,4-7,12H2;2-3,11H,4-10H2,1H3/b11-10+;3-2-. The number of para-hydroxylation sites is 1. The first kappa shape index (κ1) is 35.2. The lowest BCUT2D eigenvalue weighted by Crippen LogP contribution is -2.29. The fraction of sp³-hybridized carbons (Fsp3) is 0.593. The van der Waals surface area contributed by atoms with Crippen LogP contribution in [0.3, 0.4) is 0 Å². The lowest BCUT2D eigenvalue weighted by molar-refractivity contribution is -0.760. The molecular formula is C27H38F2N2O10. The molecule has 0 spiro atoms. The highest BCUT2D eigenvalue weighted by molar-refractivity contribution is 5.69. The van der Waals surface area contributed by atoms with E-state index in [1.54, 1.807) is 30.3 Å². The van der Waals surface area contributed by atoms with Gasteiger partial charge in [0.05, 0.1) is 6.61 Å². The Hall–Kier alpha value is -3.81. The molecule has 0 aliphatic heterocycles. The van der Waals surface area contributed by atoms with Crippen LogP contribution in [-0.2, 0) is 23.9 Å². The van der Waals surface area contributed by atoms with Crippen molar-refractivity contribution in [1.82, 2.24) is 0 Å². The number of hydrogen-bond acceptors (Lipinski definition) is 10. The molecule has 1 unspecified atom stereocenters. The van der Waals surface area contributed by atoms with Gasteiger partial charge in [0.15, 0.2) is 6.61 Å². The SMILES string of the molecule is C/C=C\CCCC(=O)OCC(CO[N+](=O)[O-])OCCO[N+](=O)[O-].FC(F)(/C=C/C1CCCC1)COc1ccccc1. The largest absolute Gasteiger partial charge is 0.487 e. The van der Waals surface area contributed by atoms with Crippen molar-refractivity contribution < 1.29 is 47.6 Å². The molecule has 0 heterocycles. The highest BCUT2D eigenvalue weighted by Crippen LogP contribution is 2.27. The Bertz CT molecular complexity index is 941. The smallest absolute Gasteiger partial charge is 0.305 e. The number of benzene rings is 1. The number of alkyl halides is 2. The van der Waals surface area contributed by atoms with E-state index in [4.69, 9.17) is 14.2 Å². The summed E-state index contributed by atoms with van der Waals surface area (Å²) in [5.74, 6) is -2.55. The molecule has 12 nitrogen and oxygen atoms in total. The Morgan fingerprint density at radius 1 is 1.07 bits per heavy atom. The average molecular weight is 589 g/mol. The predicted molar refractivity (Wildman–Crippen MR) is 143 cm³/mol. The molecule has 0 aromatic heterocycles. The number of rotatable bonds is 19. The van der Waals surface area contributed by atoms with Crippen molar-refractivity contribution in [2.45, 2.75) is 63.9 Å². The number of halogens is 2. The van der Waals surface area contributed by atoms with E-state index in [-0.39, 0.29) is 26.2 Å². The summed E-state index contributed by atoms with van der Waals surface area (Å²) >= 11 is 0. The summed E-state index contributed by atoms with van der Waals surface area (Å²) in [5, 5.41) is 18.1. The van der Waals surface area contributed by atoms with Crippen LogP contribution >= 0.6 is 0 Å². The normalized spacial score (nSPS) is 14.3. The van der Waals surface area contributed by atoms with Gasteiger partial charge in [-0.2, -0.15) is 8.78 Å². The zero-order valence-electron chi connectivity index (χ0n) is 23.1. The molecule has 0 bridgehead atoms. The molecule has 41 heavy (non-hydrogen) atoms. The van der Waals surface area contributed by atoms with E-state index in [1.807, 2.05) is 25.1 Å². The minimum absolute atomic E-state index is 0.203. The topological polar surface area (TPSA) is 150 Å². The van der Waals surface area contributed by atoms with Crippen molar-refractivity contribution in [3.63, 3.8) is 0 Å². The van der Waals surface area contributed by atoms with Crippen LogP contribution in [0.2, 0.25) is 0 Å². The van der Waals surface area contributed by atoms with Crippen molar-refractivity contribution in [1.29, 1.82) is 0 Å². The summed E-state index contributed by atoms with van der Waals surface area (Å²) < 4.78 is 42.2. The Morgan fingerprint density at radius 3 is 2.39 bits per heavy atom. The molecule has 0 N–H and O–H groups in total. The molecule has 1 aliphatic carbocycles. The first-order valence-electron chi connectivity index (χ1n) is 13.3. The zero-order valence-corrected chi connectivity index (χ0v) is 23.1. The van der Waals surface area contributed by atoms with Crippen LogP contribution in [0.4, 0.5) is 8.78 Å². The lowest BCUT2D eigenvalue weighted by atomic mass is 10.1. The van der Waals surface area contributed by atoms with E-state index in [0.717, 1.165) is 38.2 Å². The summed E-state index contributed by atoms with van der Waals surface area (Å²) in [6, 6.07) is 8.71. The first-order valence-corrected chi connectivity index (χ1v) is 13.3. The van der Waals surface area contributed by atoms with Crippen LogP contribution in [0, 0.1) is 26.1 Å². The molecule has 1 atom stereocenters. The van der Waals surface area contributed by atoms with Crippen LogP contribution in [0.15, 0.2) is 54.6 Å². The monoisotopic (exact) mass is 588 g/mol. The third-order valence-electron chi connectivity index (χ3n) is 5.60. The van der Waals surface area contributed by atoms with E-state index < -0.39 is 41.4 Å². The van der Waals surface area contributed by atoms with E-state index in [2.05, 4.69) is 9.68 Å². The number of carbonyl (C=O) groups is 1. The molecule has 0 radical (unpaired) electrons. The number of ether oxygens (including phenoxy) is 3. The molecule has 1 saturated carbocycles. The van der Waals surface area contributed by atoms with Crippen molar-refractivity contribution in [3.8, 4) is 5.75 Å². The number of carbonyl (C=O) groups excluding carboxylic acids is 1. The maximum absolute atomic E-state index is 13.6. The van der Waals surface area contributed by atoms with Gasteiger partial charge in [0.25, 0.3) is 16.1 Å². The Labute approximate surface area is 237 Å². The number of nitrogens with zero attached hydrogens (tertiary/aromatic N) is 2. The Balaban J connectivity index is 0.000000420. The Morgan fingerprint density at radius 2 is 1.76 bits per heavy atom. The van der Waals surface area contributed by atoms with Gasteiger partial charge in [-0.05, 0) is 56.7 Å². The quantitative estimate of drug-likeness (QED) is 0.0664. The third-order valence-corrected chi connectivity index (χ3v) is 5.60. The molecule has 1 aromatic rings. The highest BCUT2D eigenvalue weighted by atomic mass is 19.3. The van der Waals surface area contributed by atoms with Gasteiger partial charge in [-0.15, -0.1) is 20.2 Å². The second kappa shape index (κ2) is 21.0. The van der Waals surface area contributed by atoms with Gasteiger partial charge in [-0.1, -0.05) is 49.3 Å². The number of hydrogen-bond donors (Lipinski definition) is 0. The molecule has 230 valence electrons. The Kier molecular flexibility index (Phi) is 18.0. The number of allylic oxidation sites excluding steroid dienone is 3. The number of unbranched alkanes of at least 4 members (excludes halogenated alkanes) is 1. The molecular weight excluding hydrogens is 550 g/mol. The van der Waals surface area contributed by atoms with Crippen molar-refractivity contribution in [2.24, 2.45) is 5.92 Å². The van der Waals surface area contributed by atoms with Gasteiger partial charge < -0.3 is 23.9 Å². The highest BCUT2D eigenvalue weighted by Gasteiger charge is 2.27. The minimum Gasteiger partial charge on any atom is -0.487 e. The summed E-state index contributed by atoms with van der Waals surface area (Å²) in [4.78, 5) is 39.8. The van der Waals surface area contributed by atoms with Gasteiger partial charge in [-0.25, -0.2) is 0 Å². The van der Waals surface area contributed by atoms with Gasteiger partial charge >= 0.3 is 5.97 Å². The molecule has 0 saturated heterocycles. The third kappa shape index (κ3) is 19.8. The van der Waals surface area contributed by atoms with Gasteiger partial charge in [0, 0.05) is 6.42 Å². The second-order valence-electron chi connectivity index (χ2n) is 8.98. The van der Waals surface area contributed by atoms with Crippen LogP contribution in [-0.4, -0.2) is 61.2 Å². The maximum Gasteiger partial charge on any atom is 0.305 e. The summed E-state index contributed by atoms with van der Waals surface area (Å²) in [7, 11) is 0. The lowest BCUT2D eigenvalue weighted by Gasteiger charge is -2.16. The summed E-state index contributed by atoms with van der Waals surface area (Å²) in [6.45, 7) is 0.00928. The van der Waals surface area contributed by atoms with Gasteiger partial charge in [-0.3, -0.25) is 4.79 Å². The average Bonchev–Trinajstić information content (AvgIpc) is 3.47. The van der Waals surface area contributed by atoms with E-state index >= 15 is 0 Å². The number of esters is 1. The first-order chi connectivity index (χ1) is 19.6. The molecule has 1 aliphatic rings. The predicted octanol–water partition coefficient (Wildman–Crippen LogP) is 5.52. The van der Waals surface area contributed by atoms with Crippen LogP contribution in [0.25, 0.3) is 0 Å². The zero-order chi connectivity index (χ0) is 30.3. The fourth-order valence-electron chi connectivity index (χ4n) is 3.57. The van der Waals surface area contributed by atoms with E-state index in [0.29, 0.717) is 18.1 Å². The van der Waals surface area contributed by atoms with E-state index in [1.165, 1.54) is 0 Å². The summed E-state index contributed by atoms with van der Waals surface area (Å²) in [6.07, 6.45) is 11.5. The molecule has 1 fully saturated rings. The van der Waals surface area contributed by atoms with Gasteiger partial charge in [0.1, 0.15) is 31.7 Å². The van der Waals surface area contributed by atoms with Crippen molar-refractivity contribution >= 4 is 5.97 Å². The van der Waals surface area contributed by atoms with Crippen molar-refractivity contribution in [3.05, 3.63) is 74.9 Å².